The highest BCUT2D eigenvalue weighted by atomic mass is 32.2. The van der Waals surface area contributed by atoms with Crippen LogP contribution in [0.3, 0.4) is 0 Å². The standard InChI is InChI=1S/C10H20N2O3S/c13-16(14)8-4-11-3-5-12(16)9-10-1-6-15-7-2-10/h10-11H,1-9H2. The Balaban J connectivity index is 1.95. The number of hydrogen-bond donors (Lipinski definition) is 1. The summed E-state index contributed by atoms with van der Waals surface area (Å²) in [6.45, 7) is 4.18. The molecule has 0 atom stereocenters. The van der Waals surface area contributed by atoms with Gasteiger partial charge in [0.15, 0.2) is 0 Å². The smallest absolute Gasteiger partial charge is 0.215 e. The second kappa shape index (κ2) is 5.44. The molecule has 5 nitrogen and oxygen atoms in total. The van der Waals surface area contributed by atoms with E-state index in [0.717, 1.165) is 32.6 Å². The third kappa shape index (κ3) is 3.16. The average molecular weight is 248 g/mol. The van der Waals surface area contributed by atoms with Crippen molar-refractivity contribution in [1.29, 1.82) is 0 Å². The van der Waals surface area contributed by atoms with Gasteiger partial charge in [-0.2, -0.15) is 0 Å². The molecule has 0 amide bonds. The molecular weight excluding hydrogens is 228 g/mol. The molecule has 0 spiro atoms. The molecule has 2 heterocycles. The van der Waals surface area contributed by atoms with Gasteiger partial charge in [-0.05, 0) is 18.8 Å². The van der Waals surface area contributed by atoms with E-state index in [0.29, 0.717) is 25.6 Å². The summed E-state index contributed by atoms with van der Waals surface area (Å²) in [6.07, 6.45) is 1.97. The van der Waals surface area contributed by atoms with Crippen LogP contribution in [0.4, 0.5) is 0 Å². The van der Waals surface area contributed by atoms with Crippen molar-refractivity contribution in [3.8, 4) is 0 Å². The van der Waals surface area contributed by atoms with E-state index in [2.05, 4.69) is 5.32 Å². The van der Waals surface area contributed by atoms with Gasteiger partial charge in [-0.3, -0.25) is 0 Å². The van der Waals surface area contributed by atoms with Crippen LogP contribution in [0, 0.1) is 5.92 Å². The van der Waals surface area contributed by atoms with Crippen LogP contribution in [-0.4, -0.2) is 57.9 Å². The van der Waals surface area contributed by atoms with Crippen LogP contribution in [0.15, 0.2) is 0 Å². The summed E-state index contributed by atoms with van der Waals surface area (Å²) in [6, 6.07) is 0. The van der Waals surface area contributed by atoms with Crippen molar-refractivity contribution in [2.75, 3.05) is 45.1 Å². The zero-order chi connectivity index (χ0) is 11.4. The Morgan fingerprint density at radius 2 is 2.00 bits per heavy atom. The Morgan fingerprint density at radius 1 is 1.25 bits per heavy atom. The summed E-state index contributed by atoms with van der Waals surface area (Å²) in [5.74, 6) is 0.706. The Hall–Kier alpha value is -0.170. The number of hydrogen-bond acceptors (Lipinski definition) is 4. The number of nitrogens with zero attached hydrogens (tertiary/aromatic N) is 1. The highest BCUT2D eigenvalue weighted by molar-refractivity contribution is 7.89. The molecule has 2 rings (SSSR count). The summed E-state index contributed by atoms with van der Waals surface area (Å²) in [7, 11) is -3.03. The van der Waals surface area contributed by atoms with Gasteiger partial charge in [-0.1, -0.05) is 0 Å². The van der Waals surface area contributed by atoms with Crippen molar-refractivity contribution in [3.05, 3.63) is 0 Å². The van der Waals surface area contributed by atoms with Crippen LogP contribution in [0.5, 0.6) is 0 Å². The molecule has 2 saturated heterocycles. The van der Waals surface area contributed by atoms with Crippen molar-refractivity contribution in [1.82, 2.24) is 9.62 Å². The molecule has 0 aliphatic carbocycles. The van der Waals surface area contributed by atoms with Gasteiger partial charge < -0.3 is 10.1 Å². The predicted molar refractivity (Wildman–Crippen MR) is 61.8 cm³/mol. The minimum atomic E-state index is -3.03. The fourth-order valence-electron chi connectivity index (χ4n) is 2.22. The Kier molecular flexibility index (Phi) is 4.18. The summed E-state index contributed by atoms with van der Waals surface area (Å²) in [5.41, 5.74) is 0. The SMILES string of the molecule is O=S1(=O)CCNCCN1CC1CCOCC1. The fourth-order valence-corrected chi connectivity index (χ4v) is 3.69. The molecular formula is C10H20N2O3S. The molecule has 0 radical (unpaired) electrons. The first-order valence-corrected chi connectivity index (χ1v) is 7.56. The van der Waals surface area contributed by atoms with Crippen molar-refractivity contribution >= 4 is 10.0 Å². The number of rotatable bonds is 2. The first-order valence-electron chi connectivity index (χ1n) is 5.95. The second-order valence-electron chi connectivity index (χ2n) is 4.48. The maximum atomic E-state index is 11.9. The third-order valence-electron chi connectivity index (χ3n) is 3.27. The Bertz CT molecular complexity index is 312. The number of sulfonamides is 1. The van der Waals surface area contributed by atoms with Gasteiger partial charge in [0.1, 0.15) is 0 Å². The van der Waals surface area contributed by atoms with E-state index in [1.807, 2.05) is 0 Å². The summed E-state index contributed by atoms with van der Waals surface area (Å²) < 4.78 is 30.8. The van der Waals surface area contributed by atoms with E-state index in [-0.39, 0.29) is 5.75 Å². The summed E-state index contributed by atoms with van der Waals surface area (Å²) in [4.78, 5) is 0. The van der Waals surface area contributed by atoms with E-state index >= 15 is 0 Å². The molecule has 0 unspecified atom stereocenters. The molecule has 0 bridgehead atoms. The van der Waals surface area contributed by atoms with Gasteiger partial charge in [0.2, 0.25) is 10.0 Å². The summed E-state index contributed by atoms with van der Waals surface area (Å²) in [5, 5.41) is 3.12. The molecule has 0 aromatic heterocycles. The lowest BCUT2D eigenvalue weighted by molar-refractivity contribution is 0.0608. The first-order chi connectivity index (χ1) is 7.68. The lowest BCUT2D eigenvalue weighted by atomic mass is 10.0. The number of nitrogens with one attached hydrogen (secondary N) is 1. The monoisotopic (exact) mass is 248 g/mol. The van der Waals surface area contributed by atoms with Crippen molar-refractivity contribution in [2.45, 2.75) is 12.8 Å². The fraction of sp³-hybridized carbons (Fsp3) is 1.00. The van der Waals surface area contributed by atoms with Gasteiger partial charge in [-0.15, -0.1) is 0 Å². The lowest BCUT2D eigenvalue weighted by Gasteiger charge is -2.28. The van der Waals surface area contributed by atoms with E-state index in [4.69, 9.17) is 4.74 Å². The van der Waals surface area contributed by atoms with Crippen LogP contribution in [0.1, 0.15) is 12.8 Å². The van der Waals surface area contributed by atoms with Crippen LogP contribution < -0.4 is 5.32 Å². The first kappa shape index (κ1) is 12.3. The van der Waals surface area contributed by atoms with Crippen molar-refractivity contribution in [2.24, 2.45) is 5.92 Å². The zero-order valence-electron chi connectivity index (χ0n) is 9.52. The van der Waals surface area contributed by atoms with Gasteiger partial charge in [0, 0.05) is 39.4 Å². The molecule has 0 aromatic carbocycles. The molecule has 94 valence electrons. The van der Waals surface area contributed by atoms with Gasteiger partial charge in [0.05, 0.1) is 5.75 Å². The summed E-state index contributed by atoms with van der Waals surface area (Å²) >= 11 is 0. The van der Waals surface area contributed by atoms with E-state index in [1.54, 1.807) is 4.31 Å². The minimum Gasteiger partial charge on any atom is -0.381 e. The van der Waals surface area contributed by atoms with Crippen molar-refractivity contribution in [3.63, 3.8) is 0 Å². The average Bonchev–Trinajstić information content (AvgIpc) is 2.43. The minimum absolute atomic E-state index is 0.232. The number of ether oxygens (including phenoxy) is 1. The Labute approximate surface area is 97.2 Å². The highest BCUT2D eigenvalue weighted by Gasteiger charge is 2.27. The van der Waals surface area contributed by atoms with Crippen molar-refractivity contribution < 1.29 is 13.2 Å². The molecule has 2 fully saturated rings. The van der Waals surface area contributed by atoms with Crippen LogP contribution in [-0.2, 0) is 14.8 Å². The van der Waals surface area contributed by atoms with Crippen LogP contribution in [0.25, 0.3) is 0 Å². The molecule has 0 saturated carbocycles. The second-order valence-corrected chi connectivity index (χ2v) is 6.57. The van der Waals surface area contributed by atoms with Gasteiger partial charge in [0.25, 0.3) is 0 Å². The maximum Gasteiger partial charge on any atom is 0.215 e. The molecule has 2 aliphatic heterocycles. The Morgan fingerprint density at radius 3 is 2.75 bits per heavy atom. The molecule has 2 aliphatic rings. The van der Waals surface area contributed by atoms with Gasteiger partial charge >= 0.3 is 0 Å². The molecule has 16 heavy (non-hydrogen) atoms. The van der Waals surface area contributed by atoms with E-state index < -0.39 is 10.0 Å². The normalized spacial score (nSPS) is 28.8. The van der Waals surface area contributed by atoms with E-state index in [1.165, 1.54) is 0 Å². The van der Waals surface area contributed by atoms with E-state index in [9.17, 15) is 8.42 Å². The largest absolute Gasteiger partial charge is 0.381 e. The maximum absolute atomic E-state index is 11.9. The lowest BCUT2D eigenvalue weighted by Crippen LogP contribution is -2.39. The molecule has 0 aromatic rings. The van der Waals surface area contributed by atoms with Gasteiger partial charge in [-0.25, -0.2) is 12.7 Å². The topological polar surface area (TPSA) is 58.6 Å². The third-order valence-corrected chi connectivity index (χ3v) is 5.11. The quantitative estimate of drug-likeness (QED) is 0.725. The highest BCUT2D eigenvalue weighted by Crippen LogP contribution is 2.18. The zero-order valence-corrected chi connectivity index (χ0v) is 10.3. The molecule has 1 N–H and O–H groups in total. The van der Waals surface area contributed by atoms with Crippen LogP contribution in [0.2, 0.25) is 0 Å². The van der Waals surface area contributed by atoms with Crippen LogP contribution >= 0.6 is 0 Å². The molecule has 6 heteroatoms. The predicted octanol–water partition coefficient (Wildman–Crippen LogP) is -0.352.